The minimum Gasteiger partial charge on any atom is -0.444 e. The minimum absolute atomic E-state index is 0.101. The molecular formula is C65H72ClN13O12S. The quantitative estimate of drug-likeness (QED) is 0.0156. The van der Waals surface area contributed by atoms with E-state index in [-0.39, 0.29) is 86.0 Å². The number of aromatic nitrogens is 2. The molecule has 3 aromatic heterocycles. The number of piperazine rings is 1. The normalized spacial score (nSPS) is 15.4. The molecule has 0 bridgehead atoms. The van der Waals surface area contributed by atoms with E-state index in [9.17, 15) is 47.9 Å². The Hall–Kier alpha value is -9.79. The van der Waals surface area contributed by atoms with Gasteiger partial charge in [0.25, 0.3) is 23.6 Å². The number of aromatic amines is 2. The lowest BCUT2D eigenvalue weighted by Gasteiger charge is -2.31. The standard InChI is InChI=1S/C65H72ClN13O12S/c1-36(2)57(75-52(80)10-6-5-7-22-78-53(81)19-20-54(78)82)61(85)74-47(9-8-21-68-63(67)87)59(83)69-42-13-11-38(12-14-42)34-90-64(88)71-44-16-18-45-39(28-44)29-48(72-45)60(84)70-43-15-17-46-40(27-43)30-49(73-46)62(86)79-33-41(32-66)56-50(79)31-51(58-55(56)37(3)35-92-58)91-65(89)77-25-23-76(4)24-26-77/h11-20,27-31,35-36,41,47,57,72-73H,5-10,21-26,32-34H2,1-4H3,(H,69,83)(H,70,84)(H,71,88)(H,74,85)(H,75,80)(H3,67,68,87). The van der Waals surface area contributed by atoms with Gasteiger partial charge in [-0.3, -0.25) is 43.8 Å². The first-order chi connectivity index (χ1) is 44.2. The number of primary amides is 1. The molecule has 10 N–H and O–H groups in total. The highest BCUT2D eigenvalue weighted by Crippen LogP contribution is 2.49. The summed E-state index contributed by atoms with van der Waals surface area (Å²) in [4.78, 5) is 143. The summed E-state index contributed by atoms with van der Waals surface area (Å²) >= 11 is 8.09. The molecule has 11 amide bonds. The van der Waals surface area contributed by atoms with Crippen LogP contribution in [0.5, 0.6) is 5.75 Å². The van der Waals surface area contributed by atoms with E-state index in [0.717, 1.165) is 39.2 Å². The van der Waals surface area contributed by atoms with Crippen LogP contribution >= 0.6 is 22.9 Å². The highest BCUT2D eigenvalue weighted by atomic mass is 35.5. The number of nitrogens with zero attached hydrogens (tertiary/aromatic N) is 4. The molecule has 27 heteroatoms. The van der Waals surface area contributed by atoms with E-state index in [2.05, 4.69) is 46.8 Å². The van der Waals surface area contributed by atoms with Gasteiger partial charge in [0.1, 0.15) is 30.1 Å². The molecule has 7 aromatic rings. The summed E-state index contributed by atoms with van der Waals surface area (Å²) in [5.74, 6) is -2.82. The third-order valence-electron chi connectivity index (χ3n) is 16.4. The van der Waals surface area contributed by atoms with E-state index >= 15 is 0 Å². The smallest absolute Gasteiger partial charge is 0.415 e. The predicted octanol–water partition coefficient (Wildman–Crippen LogP) is 8.40. The summed E-state index contributed by atoms with van der Waals surface area (Å²) in [6.07, 6.45) is 3.28. The van der Waals surface area contributed by atoms with Crippen LogP contribution in [0, 0.1) is 12.8 Å². The number of benzene rings is 4. The number of unbranched alkanes of at least 4 members (excludes halogenated alkanes) is 2. The molecule has 1 saturated heterocycles. The first kappa shape index (κ1) is 65.2. The Bertz CT molecular complexity index is 4020. The van der Waals surface area contributed by atoms with Crippen molar-refractivity contribution in [2.45, 2.75) is 83.9 Å². The molecule has 3 aliphatic heterocycles. The van der Waals surface area contributed by atoms with E-state index in [4.69, 9.17) is 26.8 Å². The van der Waals surface area contributed by atoms with Gasteiger partial charge in [-0.15, -0.1) is 22.9 Å². The first-order valence-corrected chi connectivity index (χ1v) is 31.8. The number of nitrogens with one attached hydrogen (secondary N) is 8. The molecule has 482 valence electrons. The number of nitrogens with two attached hydrogens (primary N) is 1. The second-order valence-electron chi connectivity index (χ2n) is 23.4. The monoisotopic (exact) mass is 1290 g/mol. The Morgan fingerprint density at radius 2 is 1.42 bits per heavy atom. The minimum atomic E-state index is -1.08. The second kappa shape index (κ2) is 29.0. The van der Waals surface area contributed by atoms with Gasteiger partial charge < -0.3 is 66.5 Å². The molecule has 92 heavy (non-hydrogen) atoms. The number of anilines is 4. The van der Waals surface area contributed by atoms with Crippen LogP contribution in [0.15, 0.2) is 96.4 Å². The fourth-order valence-electron chi connectivity index (χ4n) is 11.4. The van der Waals surface area contributed by atoms with Crippen molar-refractivity contribution in [3.05, 3.63) is 124 Å². The third kappa shape index (κ3) is 15.5. The lowest BCUT2D eigenvalue weighted by Crippen LogP contribution is -2.54. The summed E-state index contributed by atoms with van der Waals surface area (Å²) in [6.45, 7) is 8.68. The molecular weight excluding hydrogens is 1220 g/mol. The van der Waals surface area contributed by atoms with Crippen LogP contribution in [-0.4, -0.2) is 155 Å². The zero-order chi connectivity index (χ0) is 65.3. The molecule has 3 atom stereocenters. The van der Waals surface area contributed by atoms with Crippen molar-refractivity contribution in [3.63, 3.8) is 0 Å². The molecule has 6 heterocycles. The van der Waals surface area contributed by atoms with Gasteiger partial charge in [-0.25, -0.2) is 14.4 Å². The zero-order valence-electron chi connectivity index (χ0n) is 51.2. The maximum absolute atomic E-state index is 14.5. The number of imide groups is 1. The number of aryl methyl sites for hydroxylation is 1. The lowest BCUT2D eigenvalue weighted by atomic mass is 9.97. The Balaban J connectivity index is 0.707. The average molecular weight is 1290 g/mol. The molecule has 1 fully saturated rings. The number of halogens is 1. The molecule has 10 rings (SSSR count). The van der Waals surface area contributed by atoms with Gasteiger partial charge in [0, 0.05) is 127 Å². The van der Waals surface area contributed by atoms with E-state index in [1.54, 1.807) is 103 Å². The fraction of sp³-hybridized carbons (Fsp3) is 0.354. The van der Waals surface area contributed by atoms with Gasteiger partial charge in [-0.1, -0.05) is 32.4 Å². The van der Waals surface area contributed by atoms with Crippen LogP contribution in [0.2, 0.25) is 0 Å². The number of urea groups is 1. The molecule has 0 saturated carbocycles. The summed E-state index contributed by atoms with van der Waals surface area (Å²) in [6, 6.07) is 19.2. The Morgan fingerprint density at radius 1 is 0.761 bits per heavy atom. The van der Waals surface area contributed by atoms with Crippen LogP contribution in [0.3, 0.4) is 0 Å². The first-order valence-electron chi connectivity index (χ1n) is 30.3. The zero-order valence-corrected chi connectivity index (χ0v) is 52.8. The maximum atomic E-state index is 14.5. The van der Waals surface area contributed by atoms with E-state index < -0.39 is 48.0 Å². The number of amides is 11. The number of ether oxygens (including phenoxy) is 2. The van der Waals surface area contributed by atoms with Crippen molar-refractivity contribution in [3.8, 4) is 5.75 Å². The van der Waals surface area contributed by atoms with Gasteiger partial charge in [-0.2, -0.15) is 0 Å². The van der Waals surface area contributed by atoms with E-state index in [1.807, 2.05) is 19.4 Å². The number of carbonyl (C=O) groups is 10. The molecule has 0 radical (unpaired) electrons. The molecule has 0 spiro atoms. The van der Waals surface area contributed by atoms with Crippen LogP contribution < -0.4 is 47.3 Å². The number of H-pyrrole nitrogens is 2. The maximum Gasteiger partial charge on any atom is 0.415 e. The van der Waals surface area contributed by atoms with Crippen molar-refractivity contribution in [2.75, 3.05) is 79.6 Å². The molecule has 4 aromatic carbocycles. The highest BCUT2D eigenvalue weighted by molar-refractivity contribution is 7.17. The Kier molecular flexibility index (Phi) is 20.5. The summed E-state index contributed by atoms with van der Waals surface area (Å²) in [7, 11) is 2.02. The largest absolute Gasteiger partial charge is 0.444 e. The Labute approximate surface area is 538 Å². The Morgan fingerprint density at radius 3 is 2.10 bits per heavy atom. The van der Waals surface area contributed by atoms with Crippen LogP contribution in [0.25, 0.3) is 31.9 Å². The van der Waals surface area contributed by atoms with Crippen molar-refractivity contribution >= 4 is 137 Å². The molecule has 25 nitrogen and oxygen atoms in total. The van der Waals surface area contributed by atoms with Crippen LogP contribution in [-0.2, 0) is 35.3 Å². The summed E-state index contributed by atoms with van der Waals surface area (Å²) in [5.41, 5.74) is 11.5. The molecule has 3 unspecified atom stereocenters. The van der Waals surface area contributed by atoms with Gasteiger partial charge in [0.15, 0.2) is 5.75 Å². The van der Waals surface area contributed by atoms with Crippen molar-refractivity contribution in [2.24, 2.45) is 11.7 Å². The summed E-state index contributed by atoms with van der Waals surface area (Å²) in [5, 5.41) is 20.7. The SMILES string of the molecule is Cc1csc2c(OC(=O)N3CCN(C)CC3)cc3c(c12)C(CCl)CN3C(=O)c1cc2cc(NC(=O)c3cc4cc(NC(=O)OCc5ccc(NC(=O)C(CCCNC(N)=O)NC(=O)C(NC(=O)CCCCCN6C(=O)C=CC6=O)C(C)C)cc5)ccc4[nH]3)ccc2[nH]1. The number of rotatable bonds is 24. The third-order valence-corrected chi connectivity index (χ3v) is 17.9. The number of hydrogen-bond acceptors (Lipinski definition) is 14. The number of carbonyl (C=O) groups excluding carboxylic acids is 10. The number of thiophene rings is 1. The second-order valence-corrected chi connectivity index (χ2v) is 24.6. The average Bonchev–Trinajstić information content (AvgIpc) is 1.57. The highest BCUT2D eigenvalue weighted by Gasteiger charge is 2.38. The number of hydrogen-bond donors (Lipinski definition) is 9. The van der Waals surface area contributed by atoms with Crippen LogP contribution in [0.4, 0.5) is 37.1 Å². The molecule has 0 aliphatic carbocycles. The lowest BCUT2D eigenvalue weighted by molar-refractivity contribution is -0.137. The van der Waals surface area contributed by atoms with E-state index in [0.29, 0.717) is 100 Å². The van der Waals surface area contributed by atoms with Crippen LogP contribution in [0.1, 0.15) is 96.0 Å². The van der Waals surface area contributed by atoms with Gasteiger partial charge >= 0.3 is 18.2 Å². The van der Waals surface area contributed by atoms with E-state index in [1.165, 1.54) is 23.5 Å². The topological polar surface area (TPSA) is 332 Å². The van der Waals surface area contributed by atoms with Crippen molar-refractivity contribution in [1.29, 1.82) is 0 Å². The predicted molar refractivity (Wildman–Crippen MR) is 350 cm³/mol. The van der Waals surface area contributed by atoms with Gasteiger partial charge in [-0.05, 0) is 128 Å². The van der Waals surface area contributed by atoms with Gasteiger partial charge in [0.05, 0.1) is 10.4 Å². The summed E-state index contributed by atoms with van der Waals surface area (Å²) < 4.78 is 12.4. The fourth-order valence-corrected chi connectivity index (χ4v) is 12.6. The van der Waals surface area contributed by atoms with Crippen molar-refractivity contribution < 1.29 is 57.4 Å². The number of fused-ring (bicyclic) bond motifs is 5. The number of alkyl halides is 1. The van der Waals surface area contributed by atoms with Gasteiger partial charge in [0.2, 0.25) is 17.7 Å². The van der Waals surface area contributed by atoms with Crippen molar-refractivity contribution in [1.82, 2.24) is 40.6 Å². The molecule has 3 aliphatic rings. The number of likely N-dealkylation sites (N-methyl/N-ethyl adjacent to an activating group) is 1.